The number of aromatic nitrogens is 1. The average molecular weight is 291 g/mol. The SMILES string of the molecule is CCCC(C)(CCl)Cc1cncc(Br)c1. The molecule has 1 atom stereocenters. The second kappa shape index (κ2) is 5.86. The molecule has 0 saturated heterocycles. The van der Waals surface area contributed by atoms with Crippen molar-refractivity contribution in [2.75, 3.05) is 5.88 Å². The molecular weight excluding hydrogens is 273 g/mol. The average Bonchev–Trinajstić information content (AvgIpc) is 2.18. The summed E-state index contributed by atoms with van der Waals surface area (Å²) in [5.41, 5.74) is 1.44. The van der Waals surface area contributed by atoms with Gasteiger partial charge < -0.3 is 0 Å². The smallest absolute Gasteiger partial charge is 0.0410 e. The quantitative estimate of drug-likeness (QED) is 0.731. The molecule has 1 unspecified atom stereocenters. The monoisotopic (exact) mass is 289 g/mol. The van der Waals surface area contributed by atoms with Crippen molar-refractivity contribution < 1.29 is 0 Å². The van der Waals surface area contributed by atoms with Crippen LogP contribution >= 0.6 is 27.5 Å². The lowest BCUT2D eigenvalue weighted by atomic mass is 9.82. The highest BCUT2D eigenvalue weighted by Crippen LogP contribution is 2.30. The Kier molecular flexibility index (Phi) is 5.07. The van der Waals surface area contributed by atoms with Gasteiger partial charge in [-0.15, -0.1) is 11.6 Å². The largest absolute Gasteiger partial charge is 0.263 e. The third-order valence-corrected chi connectivity index (χ3v) is 3.65. The Bertz CT molecular complexity index is 316. The van der Waals surface area contributed by atoms with Gasteiger partial charge in [-0.25, -0.2) is 0 Å². The number of rotatable bonds is 5. The molecule has 0 amide bonds. The molecular formula is C12H17BrClN. The maximum absolute atomic E-state index is 6.05. The fraction of sp³-hybridized carbons (Fsp3) is 0.583. The molecule has 1 aromatic rings. The van der Waals surface area contributed by atoms with Crippen LogP contribution in [0.1, 0.15) is 32.3 Å². The number of hydrogen-bond donors (Lipinski definition) is 0. The van der Waals surface area contributed by atoms with Crippen LogP contribution in [0.5, 0.6) is 0 Å². The van der Waals surface area contributed by atoms with Crippen molar-refractivity contribution >= 4 is 27.5 Å². The molecule has 0 aliphatic rings. The molecule has 1 rings (SSSR count). The first-order chi connectivity index (χ1) is 7.09. The van der Waals surface area contributed by atoms with E-state index in [1.165, 1.54) is 12.0 Å². The van der Waals surface area contributed by atoms with Gasteiger partial charge in [-0.2, -0.15) is 0 Å². The van der Waals surface area contributed by atoms with Crippen molar-refractivity contribution in [2.24, 2.45) is 5.41 Å². The molecule has 15 heavy (non-hydrogen) atoms. The molecule has 1 nitrogen and oxygen atoms in total. The Morgan fingerprint density at radius 3 is 2.73 bits per heavy atom. The van der Waals surface area contributed by atoms with Crippen LogP contribution in [0.15, 0.2) is 22.9 Å². The van der Waals surface area contributed by atoms with Crippen LogP contribution in [0.3, 0.4) is 0 Å². The molecule has 1 aromatic heterocycles. The fourth-order valence-electron chi connectivity index (χ4n) is 1.85. The van der Waals surface area contributed by atoms with Gasteiger partial charge >= 0.3 is 0 Å². The highest BCUT2D eigenvalue weighted by Gasteiger charge is 2.22. The van der Waals surface area contributed by atoms with Crippen LogP contribution in [0, 0.1) is 5.41 Å². The summed E-state index contributed by atoms with van der Waals surface area (Å²) in [6.45, 7) is 4.44. The Morgan fingerprint density at radius 2 is 2.20 bits per heavy atom. The zero-order chi connectivity index (χ0) is 11.3. The fourth-order valence-corrected chi connectivity index (χ4v) is 2.49. The summed E-state index contributed by atoms with van der Waals surface area (Å²) in [7, 11) is 0. The van der Waals surface area contributed by atoms with E-state index in [1.54, 1.807) is 6.20 Å². The van der Waals surface area contributed by atoms with E-state index in [1.807, 2.05) is 6.20 Å². The number of pyridine rings is 1. The van der Waals surface area contributed by atoms with Crippen LogP contribution in [0.2, 0.25) is 0 Å². The summed E-state index contributed by atoms with van der Waals surface area (Å²) in [4.78, 5) is 4.17. The Balaban J connectivity index is 2.74. The Morgan fingerprint density at radius 1 is 1.47 bits per heavy atom. The third kappa shape index (κ3) is 4.12. The highest BCUT2D eigenvalue weighted by molar-refractivity contribution is 9.10. The van der Waals surface area contributed by atoms with Crippen LogP contribution in [0.25, 0.3) is 0 Å². The van der Waals surface area contributed by atoms with E-state index in [-0.39, 0.29) is 5.41 Å². The number of nitrogens with zero attached hydrogens (tertiary/aromatic N) is 1. The maximum Gasteiger partial charge on any atom is 0.0410 e. The van der Waals surface area contributed by atoms with Crippen molar-refractivity contribution in [1.29, 1.82) is 0 Å². The second-order valence-electron chi connectivity index (χ2n) is 4.38. The van der Waals surface area contributed by atoms with Crippen molar-refractivity contribution in [3.63, 3.8) is 0 Å². The molecule has 1 heterocycles. The zero-order valence-corrected chi connectivity index (χ0v) is 11.6. The van der Waals surface area contributed by atoms with Gasteiger partial charge in [0.1, 0.15) is 0 Å². The molecule has 3 heteroatoms. The van der Waals surface area contributed by atoms with Gasteiger partial charge in [0.05, 0.1) is 0 Å². The van der Waals surface area contributed by atoms with Gasteiger partial charge in [0.25, 0.3) is 0 Å². The van der Waals surface area contributed by atoms with Gasteiger partial charge in [0, 0.05) is 22.7 Å². The maximum atomic E-state index is 6.05. The lowest BCUT2D eigenvalue weighted by molar-refractivity contribution is 0.334. The van der Waals surface area contributed by atoms with Crippen LogP contribution in [0.4, 0.5) is 0 Å². The Labute approximate surface area is 105 Å². The van der Waals surface area contributed by atoms with E-state index < -0.39 is 0 Å². The van der Waals surface area contributed by atoms with Gasteiger partial charge in [-0.3, -0.25) is 4.98 Å². The van der Waals surface area contributed by atoms with Crippen molar-refractivity contribution in [3.8, 4) is 0 Å². The minimum Gasteiger partial charge on any atom is -0.263 e. The molecule has 0 saturated carbocycles. The molecule has 0 spiro atoms. The summed E-state index contributed by atoms with van der Waals surface area (Å²) in [6, 6.07) is 2.12. The standard InChI is InChI=1S/C12H17BrClN/c1-3-4-12(2,9-14)6-10-5-11(13)8-15-7-10/h5,7-8H,3-4,6,9H2,1-2H3. The topological polar surface area (TPSA) is 12.9 Å². The number of hydrogen-bond acceptors (Lipinski definition) is 1. The first-order valence-electron chi connectivity index (χ1n) is 5.25. The van der Waals surface area contributed by atoms with E-state index in [0.29, 0.717) is 5.88 Å². The second-order valence-corrected chi connectivity index (χ2v) is 5.57. The third-order valence-electron chi connectivity index (χ3n) is 2.57. The molecule has 0 fully saturated rings. The summed E-state index contributed by atoms with van der Waals surface area (Å²) in [5, 5.41) is 0. The minimum atomic E-state index is 0.193. The first-order valence-corrected chi connectivity index (χ1v) is 6.58. The summed E-state index contributed by atoms with van der Waals surface area (Å²) < 4.78 is 1.04. The highest BCUT2D eigenvalue weighted by atomic mass is 79.9. The van der Waals surface area contributed by atoms with Gasteiger partial charge in [-0.05, 0) is 45.8 Å². The van der Waals surface area contributed by atoms with Crippen molar-refractivity contribution in [1.82, 2.24) is 4.98 Å². The predicted octanol–water partition coefficient (Wildman–Crippen LogP) is 4.43. The lowest BCUT2D eigenvalue weighted by Crippen LogP contribution is -2.21. The summed E-state index contributed by atoms with van der Waals surface area (Å²) >= 11 is 9.48. The molecule has 84 valence electrons. The molecule has 0 aromatic carbocycles. The van der Waals surface area contributed by atoms with E-state index >= 15 is 0 Å². The van der Waals surface area contributed by atoms with E-state index in [4.69, 9.17) is 11.6 Å². The molecule has 0 aliphatic heterocycles. The van der Waals surface area contributed by atoms with Gasteiger partial charge in [0.2, 0.25) is 0 Å². The van der Waals surface area contributed by atoms with Crippen LogP contribution in [-0.4, -0.2) is 10.9 Å². The van der Waals surface area contributed by atoms with E-state index in [0.717, 1.165) is 17.3 Å². The molecule has 0 bridgehead atoms. The normalized spacial score (nSPS) is 14.9. The minimum absolute atomic E-state index is 0.193. The Hall–Kier alpha value is -0.0800. The van der Waals surface area contributed by atoms with Gasteiger partial charge in [0.15, 0.2) is 0 Å². The summed E-state index contributed by atoms with van der Waals surface area (Å²) in [5.74, 6) is 0.702. The van der Waals surface area contributed by atoms with Crippen molar-refractivity contribution in [3.05, 3.63) is 28.5 Å². The van der Waals surface area contributed by atoms with Crippen LogP contribution < -0.4 is 0 Å². The van der Waals surface area contributed by atoms with Crippen molar-refractivity contribution in [2.45, 2.75) is 33.1 Å². The molecule has 0 aliphatic carbocycles. The predicted molar refractivity (Wildman–Crippen MR) is 69.4 cm³/mol. The zero-order valence-electron chi connectivity index (χ0n) is 9.26. The number of alkyl halides is 1. The first kappa shape index (κ1) is 13.0. The number of halogens is 2. The molecule has 0 radical (unpaired) electrons. The van der Waals surface area contributed by atoms with E-state index in [9.17, 15) is 0 Å². The summed E-state index contributed by atoms with van der Waals surface area (Å²) in [6.07, 6.45) is 7.05. The van der Waals surface area contributed by atoms with Gasteiger partial charge in [-0.1, -0.05) is 20.3 Å². The lowest BCUT2D eigenvalue weighted by Gasteiger charge is -2.26. The van der Waals surface area contributed by atoms with E-state index in [2.05, 4.69) is 40.8 Å². The molecule has 0 N–H and O–H groups in total. The van der Waals surface area contributed by atoms with Crippen LogP contribution in [-0.2, 0) is 6.42 Å².